The van der Waals surface area contributed by atoms with Crippen LogP contribution in [0.1, 0.15) is 33.4 Å². The van der Waals surface area contributed by atoms with E-state index in [0.29, 0.717) is 73.0 Å². The summed E-state index contributed by atoms with van der Waals surface area (Å²) in [4.78, 5) is 14.3. The van der Waals surface area contributed by atoms with Gasteiger partial charge in [-0.15, -0.1) is 0 Å². The first-order valence-corrected chi connectivity index (χ1v) is 21.5. The number of hydrogen-bond donors (Lipinski definition) is 0. The molecule has 0 unspecified atom stereocenters. The first kappa shape index (κ1) is 44.9. The number of fused-ring (bicyclic) bond motifs is 3. The first-order valence-electron chi connectivity index (χ1n) is 21.5. The van der Waals surface area contributed by atoms with Crippen LogP contribution in [0.15, 0.2) is 170 Å². The van der Waals surface area contributed by atoms with Gasteiger partial charge in [0.2, 0.25) is 0 Å². The standard InChI is InChI=1S/C57H28F6N8/c58-56(59,60)42-23-39(24-43(27-42)57(61,62)63)50-28-44(15-20-49(50)55-69-53(35-7-3-1-4-8-35)68-54(70-55)36-9-5-2-6-10-36)71-51-25-37(45-16-11-33(29-64)21-40(45)31-66)13-18-47(51)48-19-14-38(26-52(48)71)46-17-12-34(30-65)22-41(46)32-67/h1-28H. The van der Waals surface area contributed by atoms with Gasteiger partial charge in [0, 0.05) is 33.2 Å². The molecule has 0 saturated carbocycles. The average molecular weight is 939 g/mol. The molecule has 0 spiro atoms. The number of halogens is 6. The van der Waals surface area contributed by atoms with E-state index in [1.165, 1.54) is 18.2 Å². The van der Waals surface area contributed by atoms with Gasteiger partial charge >= 0.3 is 12.4 Å². The van der Waals surface area contributed by atoms with Crippen LogP contribution in [0.3, 0.4) is 0 Å². The SMILES string of the molecule is N#Cc1ccc(-c2ccc3c4ccc(-c5ccc(C#N)cc5C#N)cc4n(-c4ccc(-c5nc(-c6ccccc6)nc(-c6ccccc6)n5)c(-c5cc(C(F)(F)F)cc(C(F)(F)F)c5)c4)c3c2)c(C#N)c1. The van der Waals surface area contributed by atoms with Crippen molar-refractivity contribution in [3.63, 3.8) is 0 Å². The highest BCUT2D eigenvalue weighted by Crippen LogP contribution is 2.44. The molecule has 0 bridgehead atoms. The molecule has 0 aliphatic rings. The second kappa shape index (κ2) is 17.6. The lowest BCUT2D eigenvalue weighted by Gasteiger charge is -2.18. The third-order valence-electron chi connectivity index (χ3n) is 12.0. The number of rotatable bonds is 7. The minimum Gasteiger partial charge on any atom is -0.309 e. The normalized spacial score (nSPS) is 11.5. The molecule has 2 aromatic heterocycles. The Bertz CT molecular complexity index is 3740. The summed E-state index contributed by atoms with van der Waals surface area (Å²) < 4.78 is 89.9. The van der Waals surface area contributed by atoms with E-state index in [9.17, 15) is 47.4 Å². The molecule has 0 aliphatic carbocycles. The molecule has 10 aromatic rings. The quantitative estimate of drug-likeness (QED) is 0.145. The van der Waals surface area contributed by atoms with E-state index in [4.69, 9.17) is 15.0 Å². The zero-order valence-corrected chi connectivity index (χ0v) is 36.5. The molecule has 0 fully saturated rings. The van der Waals surface area contributed by atoms with Crippen molar-refractivity contribution in [3.05, 3.63) is 203 Å². The summed E-state index contributed by atoms with van der Waals surface area (Å²) in [5.41, 5.74) is 2.15. The van der Waals surface area contributed by atoms with Gasteiger partial charge in [-0.1, -0.05) is 97.1 Å². The fourth-order valence-corrected chi connectivity index (χ4v) is 8.69. The Morgan fingerprint density at radius 1 is 0.366 bits per heavy atom. The Morgan fingerprint density at radius 2 is 0.817 bits per heavy atom. The zero-order valence-electron chi connectivity index (χ0n) is 36.5. The molecule has 338 valence electrons. The van der Waals surface area contributed by atoms with Crippen LogP contribution in [-0.2, 0) is 12.4 Å². The number of hydrogen-bond acceptors (Lipinski definition) is 7. The van der Waals surface area contributed by atoms with E-state index < -0.39 is 29.0 Å². The number of aromatic nitrogens is 4. The average Bonchev–Trinajstić information content (AvgIpc) is 3.72. The number of benzene rings is 8. The van der Waals surface area contributed by atoms with Crippen molar-refractivity contribution < 1.29 is 26.3 Å². The van der Waals surface area contributed by atoms with Crippen LogP contribution in [0.4, 0.5) is 26.3 Å². The molecule has 2 heterocycles. The third kappa shape index (κ3) is 8.44. The smallest absolute Gasteiger partial charge is 0.309 e. The van der Waals surface area contributed by atoms with Crippen molar-refractivity contribution in [1.29, 1.82) is 21.0 Å². The summed E-state index contributed by atoms with van der Waals surface area (Å²) in [6.45, 7) is 0. The molecule has 0 amide bonds. The van der Waals surface area contributed by atoms with Crippen LogP contribution < -0.4 is 0 Å². The maximum Gasteiger partial charge on any atom is 0.416 e. The Labute approximate surface area is 400 Å². The van der Waals surface area contributed by atoms with Crippen molar-refractivity contribution >= 4 is 21.8 Å². The highest BCUT2D eigenvalue weighted by Gasteiger charge is 2.37. The van der Waals surface area contributed by atoms with Crippen LogP contribution in [0.2, 0.25) is 0 Å². The topological polar surface area (TPSA) is 139 Å². The molecule has 0 aliphatic heterocycles. The van der Waals surface area contributed by atoms with Gasteiger partial charge < -0.3 is 4.57 Å². The fourth-order valence-electron chi connectivity index (χ4n) is 8.69. The Hall–Kier alpha value is -9.89. The number of nitriles is 4. The maximum absolute atomic E-state index is 14.7. The van der Waals surface area contributed by atoms with Gasteiger partial charge in [0.05, 0.1) is 68.7 Å². The summed E-state index contributed by atoms with van der Waals surface area (Å²) in [6, 6.07) is 52.6. The number of nitrogens with zero attached hydrogens (tertiary/aromatic N) is 8. The van der Waals surface area contributed by atoms with E-state index in [1.807, 2.05) is 48.5 Å². The molecule has 0 atom stereocenters. The van der Waals surface area contributed by atoms with Gasteiger partial charge in [-0.2, -0.15) is 47.4 Å². The van der Waals surface area contributed by atoms with Crippen LogP contribution in [0, 0.1) is 45.3 Å². The largest absolute Gasteiger partial charge is 0.416 e. The fraction of sp³-hybridized carbons (Fsp3) is 0.0351. The van der Waals surface area contributed by atoms with E-state index >= 15 is 0 Å². The number of alkyl halides is 6. The molecule has 0 saturated heterocycles. The molecule has 71 heavy (non-hydrogen) atoms. The molecule has 14 heteroatoms. The van der Waals surface area contributed by atoms with Gasteiger partial charge in [0.25, 0.3) is 0 Å². The summed E-state index contributed by atoms with van der Waals surface area (Å²) in [7, 11) is 0. The summed E-state index contributed by atoms with van der Waals surface area (Å²) in [5, 5.41) is 40.9. The second-order valence-corrected chi connectivity index (χ2v) is 16.3. The molecular weight excluding hydrogens is 911 g/mol. The molecule has 10 rings (SSSR count). The van der Waals surface area contributed by atoms with Crippen LogP contribution in [-0.4, -0.2) is 19.5 Å². The summed E-state index contributed by atoms with van der Waals surface area (Å²) in [6.07, 6.45) is -10.4. The highest BCUT2D eigenvalue weighted by molar-refractivity contribution is 6.11. The van der Waals surface area contributed by atoms with Gasteiger partial charge in [0.15, 0.2) is 17.5 Å². The molecule has 8 aromatic carbocycles. The molecule has 0 radical (unpaired) electrons. The van der Waals surface area contributed by atoms with E-state index in [-0.39, 0.29) is 56.9 Å². The van der Waals surface area contributed by atoms with Crippen LogP contribution >= 0.6 is 0 Å². The lowest BCUT2D eigenvalue weighted by molar-refractivity contribution is -0.143. The van der Waals surface area contributed by atoms with Gasteiger partial charge in [-0.25, -0.2) is 15.0 Å². The maximum atomic E-state index is 14.7. The van der Waals surface area contributed by atoms with E-state index in [2.05, 4.69) is 12.1 Å². The molecule has 8 nitrogen and oxygen atoms in total. The first-order chi connectivity index (χ1) is 34.2. The van der Waals surface area contributed by atoms with Gasteiger partial charge in [-0.05, 0) is 106 Å². The third-order valence-corrected chi connectivity index (χ3v) is 12.0. The van der Waals surface area contributed by atoms with Crippen molar-refractivity contribution in [2.75, 3.05) is 0 Å². The molecule has 0 N–H and O–H groups in total. The Morgan fingerprint density at radius 3 is 1.25 bits per heavy atom. The van der Waals surface area contributed by atoms with Gasteiger partial charge in [0.1, 0.15) is 0 Å². The van der Waals surface area contributed by atoms with E-state index in [0.717, 1.165) is 0 Å². The minimum absolute atomic E-state index is 0.0354. The summed E-state index contributed by atoms with van der Waals surface area (Å²) in [5.74, 6) is 0.365. The minimum atomic E-state index is -5.18. The Balaban J connectivity index is 1.31. The monoisotopic (exact) mass is 938 g/mol. The predicted molar refractivity (Wildman–Crippen MR) is 256 cm³/mol. The Kier molecular flexibility index (Phi) is 11.2. The second-order valence-electron chi connectivity index (χ2n) is 16.3. The molecular formula is C57H28F6N8. The lowest BCUT2D eigenvalue weighted by atomic mass is 9.94. The van der Waals surface area contributed by atoms with Crippen molar-refractivity contribution in [2.24, 2.45) is 0 Å². The zero-order chi connectivity index (χ0) is 49.6. The van der Waals surface area contributed by atoms with Crippen LogP contribution in [0.5, 0.6) is 0 Å². The van der Waals surface area contributed by atoms with Crippen molar-refractivity contribution in [2.45, 2.75) is 12.4 Å². The van der Waals surface area contributed by atoms with Gasteiger partial charge in [-0.3, -0.25) is 0 Å². The predicted octanol–water partition coefficient (Wildman–Crippen LogP) is 14.5. The van der Waals surface area contributed by atoms with Crippen molar-refractivity contribution in [1.82, 2.24) is 19.5 Å². The van der Waals surface area contributed by atoms with Crippen LogP contribution in [0.25, 0.3) is 95.0 Å². The summed E-state index contributed by atoms with van der Waals surface area (Å²) >= 11 is 0. The lowest BCUT2D eigenvalue weighted by Crippen LogP contribution is -2.11. The van der Waals surface area contributed by atoms with E-state index in [1.54, 1.807) is 102 Å². The highest BCUT2D eigenvalue weighted by atomic mass is 19.4. The van der Waals surface area contributed by atoms with Crippen molar-refractivity contribution in [3.8, 4) is 97.5 Å².